The van der Waals surface area contributed by atoms with E-state index in [2.05, 4.69) is 16.0 Å². The van der Waals surface area contributed by atoms with E-state index >= 15 is 0 Å². The fourth-order valence-corrected chi connectivity index (χ4v) is 3.81. The molecule has 0 saturated carbocycles. The first-order chi connectivity index (χ1) is 14.5. The minimum Gasteiger partial charge on any atom is -0.354 e. The topological polar surface area (TPSA) is 92.2 Å². The van der Waals surface area contributed by atoms with Crippen molar-refractivity contribution in [2.75, 3.05) is 11.9 Å². The number of halogens is 1. The molecular formula is C22H21ClN4O3. The van der Waals surface area contributed by atoms with E-state index in [-0.39, 0.29) is 30.6 Å². The van der Waals surface area contributed by atoms with Crippen molar-refractivity contribution in [2.45, 2.75) is 25.4 Å². The van der Waals surface area contributed by atoms with Crippen LogP contribution in [-0.4, -0.2) is 34.9 Å². The van der Waals surface area contributed by atoms with Gasteiger partial charge in [0.25, 0.3) is 5.91 Å². The van der Waals surface area contributed by atoms with E-state index in [0.29, 0.717) is 29.4 Å². The Kier molecular flexibility index (Phi) is 5.72. The summed E-state index contributed by atoms with van der Waals surface area (Å²) in [6.07, 6.45) is 2.29. The number of amides is 3. The van der Waals surface area contributed by atoms with Gasteiger partial charge in [-0.15, -0.1) is 0 Å². The van der Waals surface area contributed by atoms with Crippen LogP contribution < -0.4 is 16.0 Å². The van der Waals surface area contributed by atoms with E-state index in [0.717, 1.165) is 10.9 Å². The van der Waals surface area contributed by atoms with E-state index in [9.17, 15) is 14.4 Å². The summed E-state index contributed by atoms with van der Waals surface area (Å²) < 4.78 is 2.03. The zero-order chi connectivity index (χ0) is 21.1. The number of aromatic nitrogens is 1. The first-order valence-electron chi connectivity index (χ1n) is 9.74. The Balaban J connectivity index is 1.28. The van der Waals surface area contributed by atoms with Crippen LogP contribution in [0.4, 0.5) is 5.69 Å². The van der Waals surface area contributed by atoms with Gasteiger partial charge in [-0.1, -0.05) is 29.8 Å². The Morgan fingerprint density at radius 2 is 1.93 bits per heavy atom. The molecule has 0 fully saturated rings. The highest BCUT2D eigenvalue weighted by Gasteiger charge is 2.27. The molecule has 2 aromatic carbocycles. The molecule has 0 radical (unpaired) electrons. The minimum absolute atomic E-state index is 0.132. The summed E-state index contributed by atoms with van der Waals surface area (Å²) in [7, 11) is 0. The summed E-state index contributed by atoms with van der Waals surface area (Å²) in [5.41, 5.74) is 1.90. The normalized spacial score (nSPS) is 15.8. The lowest BCUT2D eigenvalue weighted by molar-refractivity contribution is -0.121. The highest BCUT2D eigenvalue weighted by Crippen LogP contribution is 2.24. The number of anilines is 1. The van der Waals surface area contributed by atoms with Crippen molar-refractivity contribution in [3.05, 3.63) is 65.3 Å². The van der Waals surface area contributed by atoms with E-state index in [1.807, 2.05) is 35.0 Å². The summed E-state index contributed by atoms with van der Waals surface area (Å²) in [6, 6.07) is 13.7. The average molecular weight is 425 g/mol. The Bertz CT molecular complexity index is 1120. The molecule has 4 rings (SSSR count). The van der Waals surface area contributed by atoms with E-state index in [1.165, 1.54) is 0 Å². The molecule has 0 spiro atoms. The highest BCUT2D eigenvalue weighted by atomic mass is 35.5. The van der Waals surface area contributed by atoms with Crippen molar-refractivity contribution in [3.8, 4) is 0 Å². The maximum Gasteiger partial charge on any atom is 0.254 e. The van der Waals surface area contributed by atoms with Crippen LogP contribution in [0.1, 0.15) is 23.2 Å². The predicted molar refractivity (Wildman–Crippen MR) is 116 cm³/mol. The summed E-state index contributed by atoms with van der Waals surface area (Å²) in [4.78, 5) is 36.9. The molecule has 3 aromatic rings. The monoisotopic (exact) mass is 424 g/mol. The number of fused-ring (bicyclic) bond motifs is 2. The van der Waals surface area contributed by atoms with Crippen molar-refractivity contribution < 1.29 is 14.4 Å². The van der Waals surface area contributed by atoms with Crippen LogP contribution in [0.25, 0.3) is 10.9 Å². The number of hydrogen-bond donors (Lipinski definition) is 3. The van der Waals surface area contributed by atoms with Gasteiger partial charge in [0.1, 0.15) is 6.04 Å². The third-order valence-electron chi connectivity index (χ3n) is 5.15. The van der Waals surface area contributed by atoms with Gasteiger partial charge in [0.2, 0.25) is 11.8 Å². The molecule has 154 valence electrons. The molecule has 30 heavy (non-hydrogen) atoms. The van der Waals surface area contributed by atoms with Gasteiger partial charge >= 0.3 is 0 Å². The standard InChI is InChI=1S/C22H21ClN4O3/c23-16-5-3-7-19-14(16)10-12-27(19)13-11-24-20(28)9-8-18-22(30)25-17-6-2-1-4-15(17)21(29)26-18/h1-7,10,12,18H,8-9,11,13H2,(H,24,28)(H,25,30)(H,26,29). The molecule has 7 nitrogen and oxygen atoms in total. The second kappa shape index (κ2) is 8.59. The van der Waals surface area contributed by atoms with Crippen LogP contribution in [0.5, 0.6) is 0 Å². The van der Waals surface area contributed by atoms with Crippen molar-refractivity contribution >= 4 is 45.9 Å². The first-order valence-corrected chi connectivity index (χ1v) is 10.1. The lowest BCUT2D eigenvalue weighted by Gasteiger charge is -2.14. The molecule has 0 bridgehead atoms. The molecule has 1 aliphatic heterocycles. The molecule has 1 aromatic heterocycles. The number of hydrogen-bond acceptors (Lipinski definition) is 3. The van der Waals surface area contributed by atoms with Crippen molar-refractivity contribution in [3.63, 3.8) is 0 Å². The van der Waals surface area contributed by atoms with Gasteiger partial charge in [0.05, 0.1) is 11.3 Å². The van der Waals surface area contributed by atoms with Gasteiger partial charge in [-0.25, -0.2) is 0 Å². The summed E-state index contributed by atoms with van der Waals surface area (Å²) >= 11 is 6.19. The van der Waals surface area contributed by atoms with Crippen LogP contribution >= 0.6 is 11.6 Å². The third-order valence-corrected chi connectivity index (χ3v) is 5.48. The summed E-state index contributed by atoms with van der Waals surface area (Å²) in [5.74, 6) is -0.822. The fourth-order valence-electron chi connectivity index (χ4n) is 3.58. The fraction of sp³-hybridized carbons (Fsp3) is 0.227. The zero-order valence-corrected chi connectivity index (χ0v) is 16.9. The van der Waals surface area contributed by atoms with Gasteiger partial charge in [-0.3, -0.25) is 14.4 Å². The van der Waals surface area contributed by atoms with Crippen molar-refractivity contribution in [1.82, 2.24) is 15.2 Å². The van der Waals surface area contributed by atoms with Gasteiger partial charge < -0.3 is 20.5 Å². The second-order valence-corrected chi connectivity index (χ2v) is 7.54. The predicted octanol–water partition coefficient (Wildman–Crippen LogP) is 2.94. The number of carbonyl (C=O) groups excluding carboxylic acids is 3. The number of carbonyl (C=O) groups is 3. The van der Waals surface area contributed by atoms with Crippen LogP contribution in [0.3, 0.4) is 0 Å². The first kappa shape index (κ1) is 20.0. The largest absolute Gasteiger partial charge is 0.354 e. The molecule has 2 heterocycles. The van der Waals surface area contributed by atoms with Crippen molar-refractivity contribution in [2.24, 2.45) is 0 Å². The Hall–Kier alpha value is -3.32. The third kappa shape index (κ3) is 4.16. The summed E-state index contributed by atoms with van der Waals surface area (Å²) in [5, 5.41) is 9.97. The molecular weight excluding hydrogens is 404 g/mol. The smallest absolute Gasteiger partial charge is 0.254 e. The molecule has 0 saturated heterocycles. The molecule has 3 amide bonds. The second-order valence-electron chi connectivity index (χ2n) is 7.13. The maximum atomic E-state index is 12.4. The van der Waals surface area contributed by atoms with Crippen molar-refractivity contribution in [1.29, 1.82) is 0 Å². The van der Waals surface area contributed by atoms with E-state index in [1.54, 1.807) is 24.3 Å². The molecule has 1 aliphatic rings. The van der Waals surface area contributed by atoms with Crippen LogP contribution in [0.2, 0.25) is 5.02 Å². The molecule has 3 N–H and O–H groups in total. The molecule has 1 atom stereocenters. The van der Waals surface area contributed by atoms with Gasteiger partial charge in [0, 0.05) is 41.6 Å². The molecule has 8 heteroatoms. The Labute approximate surface area is 178 Å². The number of nitrogens with zero attached hydrogens (tertiary/aromatic N) is 1. The van der Waals surface area contributed by atoms with Crippen LogP contribution in [0, 0.1) is 0 Å². The number of benzene rings is 2. The molecule has 0 aliphatic carbocycles. The zero-order valence-electron chi connectivity index (χ0n) is 16.2. The number of para-hydroxylation sites is 1. The number of rotatable bonds is 6. The highest BCUT2D eigenvalue weighted by molar-refractivity contribution is 6.35. The minimum atomic E-state index is -0.758. The van der Waals surface area contributed by atoms with E-state index < -0.39 is 6.04 Å². The number of nitrogens with one attached hydrogen (secondary N) is 3. The van der Waals surface area contributed by atoms with Crippen LogP contribution in [-0.2, 0) is 16.1 Å². The SMILES string of the molecule is O=C(CCC1NC(=O)c2ccccc2NC1=O)NCCn1ccc2c(Cl)cccc21. The maximum absolute atomic E-state index is 12.4. The van der Waals surface area contributed by atoms with Gasteiger partial charge in [-0.2, -0.15) is 0 Å². The quantitative estimate of drug-likeness (QED) is 0.568. The van der Waals surface area contributed by atoms with Crippen LogP contribution in [0.15, 0.2) is 54.7 Å². The lowest BCUT2D eigenvalue weighted by Crippen LogP contribution is -2.42. The van der Waals surface area contributed by atoms with E-state index in [4.69, 9.17) is 11.6 Å². The summed E-state index contributed by atoms with van der Waals surface area (Å²) in [6.45, 7) is 1.05. The van der Waals surface area contributed by atoms with Gasteiger partial charge in [0.15, 0.2) is 0 Å². The van der Waals surface area contributed by atoms with Gasteiger partial charge in [-0.05, 0) is 36.8 Å². The molecule has 1 unspecified atom stereocenters. The average Bonchev–Trinajstić information content (AvgIpc) is 3.10. The Morgan fingerprint density at radius 1 is 1.10 bits per heavy atom. The Morgan fingerprint density at radius 3 is 2.80 bits per heavy atom. The lowest BCUT2D eigenvalue weighted by atomic mass is 10.1.